The monoisotopic (exact) mass is 260 g/mol. The molecule has 1 heterocycles. The fraction of sp³-hybridized carbons (Fsp3) is 0.500. The van der Waals surface area contributed by atoms with E-state index < -0.39 is 6.04 Å². The van der Waals surface area contributed by atoms with Crippen LogP contribution in [0.25, 0.3) is 0 Å². The molecule has 1 unspecified atom stereocenters. The van der Waals surface area contributed by atoms with Crippen molar-refractivity contribution in [1.82, 2.24) is 9.88 Å². The predicted molar refractivity (Wildman–Crippen MR) is 72.8 cm³/mol. The fourth-order valence-corrected chi connectivity index (χ4v) is 1.83. The minimum Gasteiger partial charge on any atom is -0.336 e. The summed E-state index contributed by atoms with van der Waals surface area (Å²) in [5.74, 6) is -0.0963. The molecule has 5 nitrogen and oxygen atoms in total. The van der Waals surface area contributed by atoms with Crippen LogP contribution in [-0.2, 0) is 11.3 Å². The quantitative estimate of drug-likeness (QED) is 0.804. The summed E-state index contributed by atoms with van der Waals surface area (Å²) in [7, 11) is 0. The zero-order valence-electron chi connectivity index (χ0n) is 11.2. The number of rotatable bonds is 7. The topological polar surface area (TPSA) is 83.0 Å². The van der Waals surface area contributed by atoms with Crippen LogP contribution in [0.4, 0.5) is 0 Å². The van der Waals surface area contributed by atoms with E-state index in [1.807, 2.05) is 19.1 Å². The van der Waals surface area contributed by atoms with Gasteiger partial charge in [-0.1, -0.05) is 19.4 Å². The molecule has 0 spiro atoms. The van der Waals surface area contributed by atoms with Crippen molar-refractivity contribution in [1.29, 1.82) is 5.26 Å². The number of pyridine rings is 1. The van der Waals surface area contributed by atoms with Crippen molar-refractivity contribution in [3.8, 4) is 6.07 Å². The van der Waals surface area contributed by atoms with Crippen LogP contribution in [0, 0.1) is 11.3 Å². The zero-order valence-corrected chi connectivity index (χ0v) is 11.2. The number of nitrogens with zero attached hydrogens (tertiary/aromatic N) is 3. The summed E-state index contributed by atoms with van der Waals surface area (Å²) in [6, 6.07) is 5.31. The molecule has 102 valence electrons. The molecule has 1 atom stereocenters. The molecule has 0 radical (unpaired) electrons. The van der Waals surface area contributed by atoms with E-state index in [1.165, 1.54) is 0 Å². The lowest BCUT2D eigenvalue weighted by Gasteiger charge is -2.24. The van der Waals surface area contributed by atoms with Crippen LogP contribution < -0.4 is 5.73 Å². The molecule has 1 aromatic rings. The Labute approximate surface area is 114 Å². The predicted octanol–water partition coefficient (Wildman–Crippen LogP) is 1.45. The summed E-state index contributed by atoms with van der Waals surface area (Å²) in [6.45, 7) is 2.85. The van der Waals surface area contributed by atoms with E-state index in [-0.39, 0.29) is 5.91 Å². The Morgan fingerprint density at radius 3 is 3.00 bits per heavy atom. The SMILES string of the molecule is CCCC(N)C(=O)N(CCC#N)Cc1cccnc1. The molecular weight excluding hydrogens is 240 g/mol. The van der Waals surface area contributed by atoms with Crippen LogP contribution in [0.2, 0.25) is 0 Å². The van der Waals surface area contributed by atoms with Crippen molar-refractivity contribution >= 4 is 5.91 Å². The number of hydrogen-bond donors (Lipinski definition) is 1. The molecule has 5 heteroatoms. The maximum Gasteiger partial charge on any atom is 0.239 e. The first-order valence-corrected chi connectivity index (χ1v) is 6.49. The highest BCUT2D eigenvalue weighted by atomic mass is 16.2. The Balaban J connectivity index is 2.71. The average molecular weight is 260 g/mol. The van der Waals surface area contributed by atoms with Gasteiger partial charge in [-0.2, -0.15) is 5.26 Å². The molecule has 19 heavy (non-hydrogen) atoms. The van der Waals surface area contributed by atoms with Crippen LogP contribution in [0.5, 0.6) is 0 Å². The van der Waals surface area contributed by atoms with Gasteiger partial charge < -0.3 is 10.6 Å². The first kappa shape index (κ1) is 15.1. The van der Waals surface area contributed by atoms with E-state index in [1.54, 1.807) is 17.3 Å². The smallest absolute Gasteiger partial charge is 0.239 e. The van der Waals surface area contributed by atoms with Gasteiger partial charge in [0.15, 0.2) is 0 Å². The maximum absolute atomic E-state index is 12.2. The molecule has 0 aliphatic rings. The van der Waals surface area contributed by atoms with Crippen LogP contribution in [0.1, 0.15) is 31.7 Å². The van der Waals surface area contributed by atoms with Gasteiger partial charge >= 0.3 is 0 Å². The lowest BCUT2D eigenvalue weighted by atomic mass is 10.1. The normalized spacial score (nSPS) is 11.6. The molecule has 1 rings (SSSR count). The zero-order chi connectivity index (χ0) is 14.1. The molecule has 2 N–H and O–H groups in total. The number of aromatic nitrogens is 1. The van der Waals surface area contributed by atoms with Gasteiger partial charge in [0.25, 0.3) is 0 Å². The lowest BCUT2D eigenvalue weighted by Crippen LogP contribution is -2.43. The first-order valence-electron chi connectivity index (χ1n) is 6.49. The van der Waals surface area contributed by atoms with E-state index in [9.17, 15) is 4.79 Å². The van der Waals surface area contributed by atoms with Crippen molar-refractivity contribution in [2.45, 2.75) is 38.8 Å². The van der Waals surface area contributed by atoms with Crippen LogP contribution in [-0.4, -0.2) is 28.4 Å². The highest BCUT2D eigenvalue weighted by Gasteiger charge is 2.20. The Bertz CT molecular complexity index is 427. The minimum atomic E-state index is -0.486. The Kier molecular flexibility index (Phi) is 6.55. The van der Waals surface area contributed by atoms with Crippen LogP contribution >= 0.6 is 0 Å². The van der Waals surface area contributed by atoms with Crippen molar-refractivity contribution in [3.05, 3.63) is 30.1 Å². The summed E-state index contributed by atoms with van der Waals surface area (Å²) in [5, 5.41) is 8.67. The van der Waals surface area contributed by atoms with Gasteiger partial charge in [0.1, 0.15) is 0 Å². The molecule has 0 aromatic carbocycles. The molecule has 1 aromatic heterocycles. The van der Waals surface area contributed by atoms with E-state index in [2.05, 4.69) is 11.1 Å². The number of nitriles is 1. The van der Waals surface area contributed by atoms with Crippen molar-refractivity contribution in [3.63, 3.8) is 0 Å². The second-order valence-electron chi connectivity index (χ2n) is 4.42. The number of carbonyl (C=O) groups excluding carboxylic acids is 1. The third-order valence-electron chi connectivity index (χ3n) is 2.82. The first-order chi connectivity index (χ1) is 9.19. The Hall–Kier alpha value is -1.93. The number of nitrogens with two attached hydrogens (primary N) is 1. The highest BCUT2D eigenvalue weighted by molar-refractivity contribution is 5.81. The van der Waals surface area contributed by atoms with Gasteiger partial charge in [-0.05, 0) is 18.1 Å². The van der Waals surface area contributed by atoms with E-state index in [0.29, 0.717) is 25.9 Å². The van der Waals surface area contributed by atoms with E-state index in [0.717, 1.165) is 12.0 Å². The largest absolute Gasteiger partial charge is 0.336 e. The van der Waals surface area contributed by atoms with Crippen LogP contribution in [0.15, 0.2) is 24.5 Å². The summed E-state index contributed by atoms with van der Waals surface area (Å²) in [5.41, 5.74) is 6.81. The lowest BCUT2D eigenvalue weighted by molar-refractivity contribution is -0.133. The third kappa shape index (κ3) is 5.06. The third-order valence-corrected chi connectivity index (χ3v) is 2.82. The second-order valence-corrected chi connectivity index (χ2v) is 4.42. The second kappa shape index (κ2) is 8.22. The minimum absolute atomic E-state index is 0.0963. The summed E-state index contributed by atoms with van der Waals surface area (Å²) < 4.78 is 0. The van der Waals surface area contributed by atoms with Gasteiger partial charge in [0.2, 0.25) is 5.91 Å². The molecule has 0 aliphatic heterocycles. The highest BCUT2D eigenvalue weighted by Crippen LogP contribution is 2.07. The van der Waals surface area contributed by atoms with E-state index in [4.69, 9.17) is 11.0 Å². The number of hydrogen-bond acceptors (Lipinski definition) is 4. The fourth-order valence-electron chi connectivity index (χ4n) is 1.83. The van der Waals surface area contributed by atoms with Crippen molar-refractivity contribution in [2.24, 2.45) is 5.73 Å². The van der Waals surface area contributed by atoms with Gasteiger partial charge in [0, 0.05) is 25.5 Å². The van der Waals surface area contributed by atoms with Crippen molar-refractivity contribution in [2.75, 3.05) is 6.54 Å². The average Bonchev–Trinajstić information content (AvgIpc) is 2.44. The molecular formula is C14H20N4O. The molecule has 1 amide bonds. The van der Waals surface area contributed by atoms with Gasteiger partial charge in [-0.25, -0.2) is 0 Å². The van der Waals surface area contributed by atoms with Crippen molar-refractivity contribution < 1.29 is 4.79 Å². The van der Waals surface area contributed by atoms with Gasteiger partial charge in [0.05, 0.1) is 18.5 Å². The standard InChI is InChI=1S/C14H20N4O/c1-2-5-13(16)14(19)18(9-4-7-15)11-12-6-3-8-17-10-12/h3,6,8,10,13H,2,4-5,9,11,16H2,1H3. The summed E-state index contributed by atoms with van der Waals surface area (Å²) >= 11 is 0. The van der Waals surface area contributed by atoms with Gasteiger partial charge in [-0.3, -0.25) is 9.78 Å². The summed E-state index contributed by atoms with van der Waals surface area (Å²) in [4.78, 5) is 17.9. The van der Waals surface area contributed by atoms with E-state index >= 15 is 0 Å². The summed E-state index contributed by atoms with van der Waals surface area (Å²) in [6.07, 6.45) is 5.25. The molecule has 0 fully saturated rings. The number of amides is 1. The molecule has 0 aliphatic carbocycles. The number of carbonyl (C=O) groups is 1. The van der Waals surface area contributed by atoms with Crippen LogP contribution in [0.3, 0.4) is 0 Å². The Morgan fingerprint density at radius 1 is 1.63 bits per heavy atom. The Morgan fingerprint density at radius 2 is 2.42 bits per heavy atom. The maximum atomic E-state index is 12.2. The molecule has 0 saturated heterocycles. The van der Waals surface area contributed by atoms with Gasteiger partial charge in [-0.15, -0.1) is 0 Å². The molecule has 0 saturated carbocycles. The molecule has 0 bridgehead atoms.